The molecule has 0 bridgehead atoms. The summed E-state index contributed by atoms with van der Waals surface area (Å²) in [5, 5.41) is 4.81. The molecule has 5 rings (SSSR count). The predicted molar refractivity (Wildman–Crippen MR) is 124 cm³/mol. The van der Waals surface area contributed by atoms with E-state index in [4.69, 9.17) is 21.7 Å². The second kappa shape index (κ2) is 9.10. The monoisotopic (exact) mass is 449 g/mol. The van der Waals surface area contributed by atoms with Crippen LogP contribution in [0.25, 0.3) is 11.6 Å². The summed E-state index contributed by atoms with van der Waals surface area (Å²) in [7, 11) is 0. The molecular formula is C24H24FN5OS. The Kier molecular flexibility index (Phi) is 5.87. The van der Waals surface area contributed by atoms with Gasteiger partial charge in [0.2, 0.25) is 0 Å². The molecule has 2 aromatic heterocycles. The smallest absolute Gasteiger partial charge is 0.199 e. The van der Waals surface area contributed by atoms with Crippen molar-refractivity contribution < 1.29 is 8.81 Å². The molecule has 0 atom stereocenters. The second-order valence-corrected chi connectivity index (χ2v) is 8.24. The fraction of sp³-hybridized carbons (Fsp3) is 0.250. The van der Waals surface area contributed by atoms with E-state index < -0.39 is 0 Å². The van der Waals surface area contributed by atoms with Gasteiger partial charge in [-0.05, 0) is 54.2 Å². The van der Waals surface area contributed by atoms with Crippen LogP contribution in [-0.2, 0) is 13.2 Å². The van der Waals surface area contributed by atoms with Gasteiger partial charge in [0.1, 0.15) is 5.82 Å². The number of halogens is 1. The van der Waals surface area contributed by atoms with E-state index >= 15 is 0 Å². The van der Waals surface area contributed by atoms with Crippen molar-refractivity contribution >= 4 is 17.9 Å². The minimum absolute atomic E-state index is 0.208. The normalized spacial score (nSPS) is 14.7. The van der Waals surface area contributed by atoms with Crippen LogP contribution in [0.5, 0.6) is 0 Å². The fourth-order valence-electron chi connectivity index (χ4n) is 4.02. The summed E-state index contributed by atoms with van der Waals surface area (Å²) in [6, 6.07) is 20.7. The summed E-state index contributed by atoms with van der Waals surface area (Å²) >= 11 is 5.82. The third-order valence-electron chi connectivity index (χ3n) is 5.75. The van der Waals surface area contributed by atoms with Gasteiger partial charge in [0, 0.05) is 31.9 Å². The number of benzene rings is 2. The van der Waals surface area contributed by atoms with Gasteiger partial charge in [0.05, 0.1) is 19.5 Å². The largest absolute Gasteiger partial charge is 0.461 e. The number of anilines is 1. The molecule has 164 valence electrons. The highest BCUT2D eigenvalue weighted by atomic mass is 32.1. The van der Waals surface area contributed by atoms with Gasteiger partial charge in [-0.15, -0.1) is 5.10 Å². The van der Waals surface area contributed by atoms with Gasteiger partial charge in [0.15, 0.2) is 16.4 Å². The summed E-state index contributed by atoms with van der Waals surface area (Å²) in [4.78, 5) is 4.61. The van der Waals surface area contributed by atoms with Crippen LogP contribution < -0.4 is 4.90 Å². The minimum atomic E-state index is -0.208. The maximum Gasteiger partial charge on any atom is 0.199 e. The van der Waals surface area contributed by atoms with E-state index in [1.807, 2.05) is 51.7 Å². The molecule has 1 aliphatic rings. The van der Waals surface area contributed by atoms with Crippen molar-refractivity contribution in [2.45, 2.75) is 13.2 Å². The van der Waals surface area contributed by atoms with Crippen molar-refractivity contribution in [1.29, 1.82) is 0 Å². The molecule has 0 saturated carbocycles. The average molecular weight is 450 g/mol. The molecule has 2 aromatic carbocycles. The Morgan fingerprint density at radius 3 is 2.34 bits per heavy atom. The standard InChI is InChI=1S/C24H24FN5OS/c25-20-8-10-21(11-9-20)28-14-12-27(13-15-28)18-30-24(32)29(17-19-5-2-1-3-6-19)23(26-30)22-7-4-16-31-22/h1-11,16H,12-15,17-18H2. The highest BCUT2D eigenvalue weighted by molar-refractivity contribution is 7.71. The molecular weight excluding hydrogens is 425 g/mol. The van der Waals surface area contributed by atoms with Crippen molar-refractivity contribution in [1.82, 2.24) is 19.2 Å². The first-order valence-corrected chi connectivity index (χ1v) is 11.1. The first kappa shape index (κ1) is 20.7. The molecule has 32 heavy (non-hydrogen) atoms. The number of furan rings is 1. The maximum atomic E-state index is 13.2. The lowest BCUT2D eigenvalue weighted by Gasteiger charge is -2.35. The van der Waals surface area contributed by atoms with E-state index in [-0.39, 0.29) is 5.82 Å². The highest BCUT2D eigenvalue weighted by Gasteiger charge is 2.21. The Hall–Kier alpha value is -3.23. The summed E-state index contributed by atoms with van der Waals surface area (Å²) in [6.07, 6.45) is 1.65. The van der Waals surface area contributed by atoms with Gasteiger partial charge in [0.25, 0.3) is 0 Å². The number of nitrogens with zero attached hydrogens (tertiary/aromatic N) is 5. The summed E-state index contributed by atoms with van der Waals surface area (Å²) in [5.74, 6) is 1.22. The molecule has 1 saturated heterocycles. The number of hydrogen-bond donors (Lipinski definition) is 0. The number of piperazine rings is 1. The summed E-state index contributed by atoms with van der Waals surface area (Å²) in [5.41, 5.74) is 2.21. The molecule has 1 aliphatic heterocycles. The van der Waals surface area contributed by atoms with Gasteiger partial charge < -0.3 is 9.32 Å². The van der Waals surface area contributed by atoms with E-state index in [9.17, 15) is 4.39 Å². The molecule has 0 aliphatic carbocycles. The maximum absolute atomic E-state index is 13.2. The van der Waals surface area contributed by atoms with Crippen molar-refractivity contribution in [3.63, 3.8) is 0 Å². The van der Waals surface area contributed by atoms with Gasteiger partial charge >= 0.3 is 0 Å². The topological polar surface area (TPSA) is 42.4 Å². The Labute approximate surface area is 191 Å². The molecule has 4 aromatic rings. The van der Waals surface area contributed by atoms with Crippen LogP contribution in [0.3, 0.4) is 0 Å². The third-order valence-corrected chi connectivity index (χ3v) is 6.18. The zero-order valence-corrected chi connectivity index (χ0v) is 18.4. The quantitative estimate of drug-likeness (QED) is 0.401. The van der Waals surface area contributed by atoms with Gasteiger partial charge in [-0.2, -0.15) is 0 Å². The van der Waals surface area contributed by atoms with Crippen molar-refractivity contribution in [2.75, 3.05) is 31.1 Å². The molecule has 0 radical (unpaired) electrons. The van der Waals surface area contributed by atoms with Gasteiger partial charge in [-0.1, -0.05) is 30.3 Å². The van der Waals surface area contributed by atoms with Crippen molar-refractivity contribution in [3.8, 4) is 11.6 Å². The Bertz CT molecular complexity index is 1210. The molecule has 0 spiro atoms. The van der Waals surface area contributed by atoms with Crippen LogP contribution in [-0.4, -0.2) is 45.4 Å². The van der Waals surface area contributed by atoms with Crippen molar-refractivity contribution in [2.24, 2.45) is 0 Å². The van der Waals surface area contributed by atoms with Crippen LogP contribution in [0, 0.1) is 10.6 Å². The van der Waals surface area contributed by atoms with Crippen LogP contribution in [0.4, 0.5) is 10.1 Å². The van der Waals surface area contributed by atoms with Crippen LogP contribution in [0.1, 0.15) is 5.56 Å². The molecule has 8 heteroatoms. The first-order chi connectivity index (χ1) is 15.7. The fourth-order valence-corrected chi connectivity index (χ4v) is 4.27. The molecule has 1 fully saturated rings. The zero-order chi connectivity index (χ0) is 21.9. The lowest BCUT2D eigenvalue weighted by atomic mass is 10.2. The summed E-state index contributed by atoms with van der Waals surface area (Å²) < 4.78 is 23.4. The number of rotatable bonds is 6. The Morgan fingerprint density at radius 2 is 1.66 bits per heavy atom. The Balaban J connectivity index is 1.33. The third kappa shape index (κ3) is 4.37. The number of aromatic nitrogens is 3. The predicted octanol–water partition coefficient (Wildman–Crippen LogP) is 4.64. The van der Waals surface area contributed by atoms with Gasteiger partial charge in [-0.3, -0.25) is 9.47 Å². The van der Waals surface area contributed by atoms with Crippen LogP contribution in [0.2, 0.25) is 0 Å². The van der Waals surface area contributed by atoms with Crippen LogP contribution >= 0.6 is 12.2 Å². The summed E-state index contributed by atoms with van der Waals surface area (Å²) in [6.45, 7) is 4.74. The second-order valence-electron chi connectivity index (χ2n) is 7.88. The molecule has 3 heterocycles. The molecule has 6 nitrogen and oxygen atoms in total. The first-order valence-electron chi connectivity index (χ1n) is 10.7. The average Bonchev–Trinajstić information content (AvgIpc) is 3.45. The van der Waals surface area contributed by atoms with E-state index in [2.05, 4.69) is 21.9 Å². The molecule has 0 amide bonds. The van der Waals surface area contributed by atoms with Gasteiger partial charge in [-0.25, -0.2) is 9.07 Å². The van der Waals surface area contributed by atoms with E-state index in [0.717, 1.165) is 43.3 Å². The highest BCUT2D eigenvalue weighted by Crippen LogP contribution is 2.21. The minimum Gasteiger partial charge on any atom is -0.461 e. The molecule has 0 N–H and O–H groups in total. The zero-order valence-electron chi connectivity index (χ0n) is 17.6. The SMILES string of the molecule is Fc1ccc(N2CCN(Cn3nc(-c4ccco4)n(Cc4ccccc4)c3=S)CC2)cc1. The van der Waals surface area contributed by atoms with E-state index in [1.54, 1.807) is 6.26 Å². The Morgan fingerprint density at radius 1 is 0.906 bits per heavy atom. The lowest BCUT2D eigenvalue weighted by molar-refractivity contribution is 0.194. The number of hydrogen-bond acceptors (Lipinski definition) is 5. The lowest BCUT2D eigenvalue weighted by Crippen LogP contribution is -2.47. The van der Waals surface area contributed by atoms with Crippen molar-refractivity contribution in [3.05, 3.63) is 89.1 Å². The van der Waals surface area contributed by atoms with E-state index in [0.29, 0.717) is 23.7 Å². The van der Waals surface area contributed by atoms with Crippen LogP contribution in [0.15, 0.2) is 77.4 Å². The van der Waals surface area contributed by atoms with E-state index in [1.165, 1.54) is 12.1 Å². The molecule has 0 unspecified atom stereocenters.